The van der Waals surface area contributed by atoms with E-state index in [1.54, 1.807) is 6.20 Å². The van der Waals surface area contributed by atoms with Crippen molar-refractivity contribution in [3.8, 4) is 5.75 Å². The number of carbonyl (C=O) groups excluding carboxylic acids is 1. The maximum absolute atomic E-state index is 12.5. The third-order valence-electron chi connectivity index (χ3n) is 6.14. The average molecular weight is 430 g/mol. The highest BCUT2D eigenvalue weighted by Crippen LogP contribution is 2.34. The molecule has 0 saturated carbocycles. The van der Waals surface area contributed by atoms with E-state index in [-0.39, 0.29) is 6.09 Å². The van der Waals surface area contributed by atoms with Gasteiger partial charge in [0.1, 0.15) is 18.0 Å². The van der Waals surface area contributed by atoms with Gasteiger partial charge in [-0.3, -0.25) is 14.8 Å². The van der Waals surface area contributed by atoms with Crippen molar-refractivity contribution in [1.82, 2.24) is 14.8 Å². The van der Waals surface area contributed by atoms with E-state index in [1.807, 2.05) is 71.8 Å². The lowest BCUT2D eigenvalue weighted by molar-refractivity contribution is 0.0625. The van der Waals surface area contributed by atoms with Crippen LogP contribution in [0.25, 0.3) is 0 Å². The Morgan fingerprint density at radius 1 is 0.938 bits per heavy atom. The third kappa shape index (κ3) is 4.60. The molecule has 1 amide bonds. The van der Waals surface area contributed by atoms with Crippen molar-refractivity contribution in [1.29, 1.82) is 0 Å². The summed E-state index contributed by atoms with van der Waals surface area (Å²) in [7, 11) is 0. The Kier molecular flexibility index (Phi) is 5.77. The zero-order valence-corrected chi connectivity index (χ0v) is 18.0. The fourth-order valence-corrected chi connectivity index (χ4v) is 4.55. The Hall–Kier alpha value is -3.38. The molecule has 5 rings (SSSR count). The van der Waals surface area contributed by atoms with Gasteiger partial charge in [0, 0.05) is 56.1 Å². The number of hydrogen-bond donors (Lipinski definition) is 0. The monoisotopic (exact) mass is 429 g/mol. The topological polar surface area (TPSA) is 54.9 Å². The van der Waals surface area contributed by atoms with Crippen molar-refractivity contribution in [2.75, 3.05) is 19.6 Å². The summed E-state index contributed by atoms with van der Waals surface area (Å²) in [6, 6.07) is 22.1. The van der Waals surface area contributed by atoms with Crippen molar-refractivity contribution < 1.29 is 14.3 Å². The summed E-state index contributed by atoms with van der Waals surface area (Å²) in [6.45, 7) is 4.11. The first-order chi connectivity index (χ1) is 15.7. The molecule has 3 aromatic rings. The Bertz CT molecular complexity index is 1060. The summed E-state index contributed by atoms with van der Waals surface area (Å²) in [5.74, 6) is 0.881. The van der Waals surface area contributed by atoms with Crippen molar-refractivity contribution in [2.45, 2.75) is 31.7 Å². The molecular formula is C26H27N3O3. The van der Waals surface area contributed by atoms with Crippen LogP contribution in [-0.4, -0.2) is 46.1 Å². The van der Waals surface area contributed by atoms with Crippen LogP contribution in [0.2, 0.25) is 0 Å². The van der Waals surface area contributed by atoms with E-state index >= 15 is 0 Å². The van der Waals surface area contributed by atoms with Gasteiger partial charge in [0.15, 0.2) is 0 Å². The SMILES string of the molecule is O=C1O[C@@]2(CCN(Cc3ccccc3OCc3cccnc3)C2)CN1Cc1ccccc1. The van der Waals surface area contributed by atoms with Gasteiger partial charge in [-0.2, -0.15) is 0 Å². The van der Waals surface area contributed by atoms with Gasteiger partial charge in [0.2, 0.25) is 0 Å². The molecule has 32 heavy (non-hydrogen) atoms. The van der Waals surface area contributed by atoms with Crippen molar-refractivity contribution in [2.24, 2.45) is 0 Å². The molecule has 6 nitrogen and oxygen atoms in total. The molecule has 2 fully saturated rings. The van der Waals surface area contributed by atoms with E-state index in [9.17, 15) is 4.79 Å². The molecule has 2 aliphatic rings. The van der Waals surface area contributed by atoms with Crippen molar-refractivity contribution in [3.05, 3.63) is 95.8 Å². The maximum atomic E-state index is 12.5. The molecule has 0 N–H and O–H groups in total. The Labute approximate surface area is 188 Å². The van der Waals surface area contributed by atoms with E-state index < -0.39 is 5.60 Å². The average Bonchev–Trinajstić information content (AvgIpc) is 3.35. The molecule has 3 heterocycles. The van der Waals surface area contributed by atoms with Crippen molar-refractivity contribution in [3.63, 3.8) is 0 Å². The second kappa shape index (κ2) is 9.01. The van der Waals surface area contributed by atoms with Crippen LogP contribution in [0.3, 0.4) is 0 Å². The molecule has 164 valence electrons. The molecule has 0 radical (unpaired) electrons. The number of amides is 1. The minimum absolute atomic E-state index is 0.212. The fourth-order valence-electron chi connectivity index (χ4n) is 4.55. The Morgan fingerprint density at radius 3 is 2.59 bits per heavy atom. The first-order valence-corrected chi connectivity index (χ1v) is 11.0. The molecule has 2 saturated heterocycles. The summed E-state index contributed by atoms with van der Waals surface area (Å²) >= 11 is 0. The highest BCUT2D eigenvalue weighted by atomic mass is 16.6. The van der Waals surface area contributed by atoms with Crippen LogP contribution in [0.15, 0.2) is 79.1 Å². The van der Waals surface area contributed by atoms with Crippen molar-refractivity contribution >= 4 is 6.09 Å². The van der Waals surface area contributed by atoms with Gasteiger partial charge < -0.3 is 9.47 Å². The predicted molar refractivity (Wildman–Crippen MR) is 121 cm³/mol. The van der Waals surface area contributed by atoms with Crippen LogP contribution in [0.1, 0.15) is 23.1 Å². The standard InChI is InChI=1S/C26H27N3O3/c30-25-29(16-21-7-2-1-3-8-21)20-26(32-25)12-14-28(19-26)17-23-10-4-5-11-24(23)31-18-22-9-6-13-27-15-22/h1-11,13,15H,12,14,16-20H2/t26-/m1/s1. The molecule has 0 bridgehead atoms. The number of pyridine rings is 1. The number of nitrogens with zero attached hydrogens (tertiary/aromatic N) is 3. The van der Waals surface area contributed by atoms with Gasteiger partial charge in [-0.25, -0.2) is 4.79 Å². The normalized spacial score (nSPS) is 20.6. The molecule has 2 aliphatic heterocycles. The number of rotatable bonds is 7. The van der Waals surface area contributed by atoms with Crippen LogP contribution in [0, 0.1) is 0 Å². The molecule has 1 spiro atoms. The summed E-state index contributed by atoms with van der Waals surface area (Å²) in [5.41, 5.74) is 2.88. The molecule has 1 aromatic heterocycles. The first-order valence-electron chi connectivity index (χ1n) is 11.0. The largest absolute Gasteiger partial charge is 0.489 e. The molecule has 2 aromatic carbocycles. The van der Waals surface area contributed by atoms with Gasteiger partial charge in [-0.1, -0.05) is 54.6 Å². The minimum Gasteiger partial charge on any atom is -0.489 e. The number of ether oxygens (including phenoxy) is 2. The summed E-state index contributed by atoms with van der Waals surface area (Å²) in [6.07, 6.45) is 4.22. The van der Waals surface area contributed by atoms with Gasteiger partial charge in [0.25, 0.3) is 0 Å². The first kappa shape index (κ1) is 20.5. The number of para-hydroxylation sites is 1. The lowest BCUT2D eigenvalue weighted by Gasteiger charge is -2.23. The van der Waals surface area contributed by atoms with E-state index in [2.05, 4.69) is 16.0 Å². The number of aromatic nitrogens is 1. The predicted octanol–water partition coefficient (Wildman–Crippen LogP) is 4.26. The van der Waals surface area contributed by atoms with Gasteiger partial charge in [-0.05, 0) is 17.7 Å². The second-order valence-electron chi connectivity index (χ2n) is 8.61. The molecule has 0 unspecified atom stereocenters. The van der Waals surface area contributed by atoms with Crippen LogP contribution in [0.4, 0.5) is 4.79 Å². The molecule has 1 atom stereocenters. The van der Waals surface area contributed by atoms with E-state index in [4.69, 9.17) is 9.47 Å². The van der Waals surface area contributed by atoms with Crippen LogP contribution in [0.5, 0.6) is 5.75 Å². The fraction of sp³-hybridized carbons (Fsp3) is 0.308. The summed E-state index contributed by atoms with van der Waals surface area (Å²) in [5, 5.41) is 0. The second-order valence-corrected chi connectivity index (χ2v) is 8.61. The van der Waals surface area contributed by atoms with Crippen LogP contribution in [-0.2, 0) is 24.4 Å². The van der Waals surface area contributed by atoms with Crippen LogP contribution < -0.4 is 4.74 Å². The summed E-state index contributed by atoms with van der Waals surface area (Å²) < 4.78 is 12.0. The number of benzene rings is 2. The summed E-state index contributed by atoms with van der Waals surface area (Å²) in [4.78, 5) is 20.9. The highest BCUT2D eigenvalue weighted by Gasteiger charge is 2.49. The van der Waals surface area contributed by atoms with Crippen LogP contribution >= 0.6 is 0 Å². The quantitative estimate of drug-likeness (QED) is 0.562. The molecule has 6 heteroatoms. The zero-order chi connectivity index (χ0) is 21.8. The van der Waals surface area contributed by atoms with E-state index in [0.717, 1.165) is 48.5 Å². The lowest BCUT2D eigenvalue weighted by Crippen LogP contribution is -2.37. The number of hydrogen-bond acceptors (Lipinski definition) is 5. The van der Waals surface area contributed by atoms with E-state index in [1.165, 1.54) is 0 Å². The van der Waals surface area contributed by atoms with Gasteiger partial charge in [0.05, 0.1) is 6.54 Å². The number of carbonyl (C=O) groups is 1. The number of likely N-dealkylation sites (tertiary alicyclic amines) is 1. The van der Waals surface area contributed by atoms with Gasteiger partial charge in [-0.15, -0.1) is 0 Å². The van der Waals surface area contributed by atoms with Gasteiger partial charge >= 0.3 is 6.09 Å². The Balaban J connectivity index is 1.21. The molecule has 0 aliphatic carbocycles. The minimum atomic E-state index is -0.419. The zero-order valence-electron chi connectivity index (χ0n) is 18.0. The lowest BCUT2D eigenvalue weighted by atomic mass is 10.0. The smallest absolute Gasteiger partial charge is 0.410 e. The maximum Gasteiger partial charge on any atom is 0.410 e. The third-order valence-corrected chi connectivity index (χ3v) is 6.14. The van der Waals surface area contributed by atoms with E-state index in [0.29, 0.717) is 19.7 Å². The molecular weight excluding hydrogens is 402 g/mol. The Morgan fingerprint density at radius 2 is 1.75 bits per heavy atom. The highest BCUT2D eigenvalue weighted by molar-refractivity contribution is 5.71.